The lowest BCUT2D eigenvalue weighted by Crippen LogP contribution is -2.58. The SMILES string of the molecule is CC1(C)c2ccccc2N(c2cc(N(c3ccccc3)c3ccccc3)c(Cl)c(N3c4ccccc4[Si](C)(C)c4ccccc43)c2)c2ccccc21. The van der Waals surface area contributed by atoms with Crippen molar-refractivity contribution in [3.63, 3.8) is 0 Å². The number of nitrogens with zero attached hydrogens (tertiary/aromatic N) is 3. The molecular weight excluding hydrogens is 670 g/mol. The third-order valence-corrected chi connectivity index (χ3v) is 15.0. The summed E-state index contributed by atoms with van der Waals surface area (Å²) in [5.41, 5.74) is 12.1. The van der Waals surface area contributed by atoms with Crippen molar-refractivity contribution in [2.75, 3.05) is 14.7 Å². The number of benzene rings is 7. The van der Waals surface area contributed by atoms with Gasteiger partial charge in [-0.2, -0.15) is 0 Å². The summed E-state index contributed by atoms with van der Waals surface area (Å²) in [6.45, 7) is 9.59. The van der Waals surface area contributed by atoms with E-state index in [0.717, 1.165) is 28.4 Å². The highest BCUT2D eigenvalue weighted by Crippen LogP contribution is 2.55. The van der Waals surface area contributed by atoms with Crippen molar-refractivity contribution in [2.24, 2.45) is 0 Å². The maximum Gasteiger partial charge on any atom is 0.117 e. The monoisotopic (exact) mass is 709 g/mol. The van der Waals surface area contributed by atoms with Crippen molar-refractivity contribution in [2.45, 2.75) is 32.4 Å². The van der Waals surface area contributed by atoms with Crippen molar-refractivity contribution in [1.29, 1.82) is 0 Å². The van der Waals surface area contributed by atoms with Crippen LogP contribution in [0.2, 0.25) is 18.1 Å². The second kappa shape index (κ2) is 12.3. The van der Waals surface area contributed by atoms with Crippen molar-refractivity contribution in [1.82, 2.24) is 0 Å². The number of halogens is 1. The Morgan fingerprint density at radius 3 is 1.40 bits per heavy atom. The van der Waals surface area contributed by atoms with Crippen molar-refractivity contribution < 1.29 is 0 Å². The van der Waals surface area contributed by atoms with E-state index in [2.05, 4.69) is 211 Å². The number of para-hydroxylation sites is 6. The minimum atomic E-state index is -2.03. The largest absolute Gasteiger partial charge is 0.310 e. The van der Waals surface area contributed by atoms with Gasteiger partial charge < -0.3 is 14.7 Å². The van der Waals surface area contributed by atoms with Crippen LogP contribution in [0.15, 0.2) is 170 Å². The van der Waals surface area contributed by atoms with Gasteiger partial charge >= 0.3 is 0 Å². The average Bonchev–Trinajstić information content (AvgIpc) is 3.18. The molecule has 0 saturated carbocycles. The van der Waals surface area contributed by atoms with Crippen LogP contribution >= 0.6 is 11.6 Å². The summed E-state index contributed by atoms with van der Waals surface area (Å²) in [5, 5.41) is 3.48. The van der Waals surface area contributed by atoms with E-state index in [1.54, 1.807) is 0 Å². The Bertz CT molecular complexity index is 2320. The standard InChI is InChI=1S/C47H40ClN3Si/c1-47(2)36-23-11-13-25-38(36)50(39-26-14-12-24-37(39)47)35-31-42(49(33-19-7-5-8-20-33)34-21-9-6-10-22-34)46(48)43(32-35)51-40-27-15-17-29-44(40)52(3,4)45-30-18-16-28-41(45)51/h5-32H,1-4H3. The minimum Gasteiger partial charge on any atom is -0.310 e. The Kier molecular flexibility index (Phi) is 7.65. The molecule has 254 valence electrons. The predicted molar refractivity (Wildman–Crippen MR) is 224 cm³/mol. The van der Waals surface area contributed by atoms with Gasteiger partial charge in [-0.25, -0.2) is 0 Å². The van der Waals surface area contributed by atoms with Crippen LogP contribution in [-0.4, -0.2) is 8.07 Å². The van der Waals surface area contributed by atoms with Crippen LogP contribution < -0.4 is 25.1 Å². The smallest absolute Gasteiger partial charge is 0.117 e. The molecule has 3 nitrogen and oxygen atoms in total. The van der Waals surface area contributed by atoms with Gasteiger partial charge in [0.05, 0.1) is 33.5 Å². The van der Waals surface area contributed by atoms with E-state index < -0.39 is 8.07 Å². The van der Waals surface area contributed by atoms with Gasteiger partial charge in [-0.15, -0.1) is 0 Å². The fourth-order valence-corrected chi connectivity index (χ4v) is 11.8. The van der Waals surface area contributed by atoms with Gasteiger partial charge in [-0.1, -0.05) is 148 Å². The Morgan fingerprint density at radius 2 is 0.904 bits per heavy atom. The molecule has 2 aliphatic rings. The highest BCUT2D eigenvalue weighted by atomic mass is 35.5. The lowest BCUT2D eigenvalue weighted by molar-refractivity contribution is 0.632. The lowest BCUT2D eigenvalue weighted by atomic mass is 9.73. The topological polar surface area (TPSA) is 9.72 Å². The van der Waals surface area contributed by atoms with Crippen LogP contribution in [-0.2, 0) is 5.41 Å². The van der Waals surface area contributed by atoms with Crippen LogP contribution in [0.25, 0.3) is 0 Å². The van der Waals surface area contributed by atoms with Crippen LogP contribution in [0.5, 0.6) is 0 Å². The molecular formula is C47H40ClN3Si. The number of anilines is 9. The first-order valence-electron chi connectivity index (χ1n) is 18.0. The Labute approximate surface area is 313 Å². The van der Waals surface area contributed by atoms with Gasteiger partial charge in [0.25, 0.3) is 0 Å². The lowest BCUT2D eigenvalue weighted by Gasteiger charge is -2.44. The Balaban J connectivity index is 1.39. The zero-order valence-corrected chi connectivity index (χ0v) is 31.6. The molecule has 0 unspecified atom stereocenters. The molecule has 0 saturated heterocycles. The molecule has 5 heteroatoms. The fraction of sp³-hybridized carbons (Fsp3) is 0.106. The third-order valence-electron chi connectivity index (χ3n) is 11.1. The van der Waals surface area contributed by atoms with E-state index in [9.17, 15) is 0 Å². The van der Waals surface area contributed by atoms with Gasteiger partial charge in [0, 0.05) is 28.2 Å². The summed E-state index contributed by atoms with van der Waals surface area (Å²) in [7, 11) is -2.03. The maximum atomic E-state index is 7.91. The fourth-order valence-electron chi connectivity index (χ4n) is 8.49. The molecule has 2 heterocycles. The maximum absolute atomic E-state index is 7.91. The normalized spacial score (nSPS) is 14.9. The Morgan fingerprint density at radius 1 is 0.481 bits per heavy atom. The minimum absolute atomic E-state index is 0.178. The highest BCUT2D eigenvalue weighted by molar-refractivity contribution is 7.02. The third kappa shape index (κ3) is 4.93. The summed E-state index contributed by atoms with van der Waals surface area (Å²) >= 11 is 7.91. The summed E-state index contributed by atoms with van der Waals surface area (Å²) in [6.07, 6.45) is 0. The van der Waals surface area contributed by atoms with Crippen molar-refractivity contribution >= 4 is 81.2 Å². The molecule has 0 aromatic heterocycles. The number of hydrogen-bond acceptors (Lipinski definition) is 3. The summed E-state index contributed by atoms with van der Waals surface area (Å²) in [5.74, 6) is 0. The highest BCUT2D eigenvalue weighted by Gasteiger charge is 2.41. The molecule has 52 heavy (non-hydrogen) atoms. The van der Waals surface area contributed by atoms with Gasteiger partial charge in [0.15, 0.2) is 0 Å². The first-order valence-corrected chi connectivity index (χ1v) is 21.4. The van der Waals surface area contributed by atoms with Gasteiger partial charge in [-0.05, 0) is 82.2 Å². The molecule has 0 N–H and O–H groups in total. The van der Waals surface area contributed by atoms with Crippen molar-refractivity contribution in [3.8, 4) is 0 Å². The number of hydrogen-bond donors (Lipinski definition) is 0. The van der Waals surface area contributed by atoms with Crippen molar-refractivity contribution in [3.05, 3.63) is 186 Å². The Hall–Kier alpha value is -5.55. The summed E-state index contributed by atoms with van der Waals surface area (Å²) < 4.78 is 0. The zero-order chi connectivity index (χ0) is 35.6. The van der Waals surface area contributed by atoms with Gasteiger partial charge in [-0.3, -0.25) is 0 Å². The van der Waals surface area contributed by atoms with E-state index in [1.807, 2.05) is 0 Å². The molecule has 7 aromatic carbocycles. The van der Waals surface area contributed by atoms with Crippen LogP contribution in [0.4, 0.5) is 51.2 Å². The molecule has 0 aliphatic carbocycles. The van der Waals surface area contributed by atoms with E-state index >= 15 is 0 Å². The van der Waals surface area contributed by atoms with Gasteiger partial charge in [0.1, 0.15) is 8.07 Å². The van der Waals surface area contributed by atoms with E-state index in [-0.39, 0.29) is 5.41 Å². The first-order chi connectivity index (χ1) is 25.3. The molecule has 0 radical (unpaired) electrons. The van der Waals surface area contributed by atoms with Crippen LogP contribution in [0.3, 0.4) is 0 Å². The molecule has 0 fully saturated rings. The summed E-state index contributed by atoms with van der Waals surface area (Å²) in [4.78, 5) is 7.15. The predicted octanol–water partition coefficient (Wildman–Crippen LogP) is 12.5. The van der Waals surface area contributed by atoms with E-state index in [1.165, 1.54) is 44.2 Å². The molecule has 0 amide bonds. The molecule has 0 bridgehead atoms. The first kappa shape index (κ1) is 32.4. The zero-order valence-electron chi connectivity index (χ0n) is 29.9. The van der Waals surface area contributed by atoms with Crippen LogP contribution in [0.1, 0.15) is 25.0 Å². The molecule has 0 atom stereocenters. The number of fused-ring (bicyclic) bond motifs is 4. The van der Waals surface area contributed by atoms with E-state index in [4.69, 9.17) is 11.6 Å². The average molecular weight is 710 g/mol. The van der Waals surface area contributed by atoms with Crippen LogP contribution in [0, 0.1) is 0 Å². The second-order valence-corrected chi connectivity index (χ2v) is 19.5. The summed E-state index contributed by atoms with van der Waals surface area (Å²) in [6, 6.07) is 61.2. The quantitative estimate of drug-likeness (QED) is 0.165. The second-order valence-electron chi connectivity index (χ2n) is 14.8. The van der Waals surface area contributed by atoms with Gasteiger partial charge in [0.2, 0.25) is 0 Å². The molecule has 0 spiro atoms. The number of rotatable bonds is 5. The molecule has 9 rings (SSSR count). The van der Waals surface area contributed by atoms with E-state index in [0.29, 0.717) is 5.02 Å². The molecule has 7 aromatic rings. The molecule has 2 aliphatic heterocycles.